The standard InChI is InChI=1S/C18H19N3O4/c1-11(2)15(19-17(22)14-5-4-10-24-14)18-20-16(21-25-18)12-6-8-13(23-3)9-7-12/h4-11,15H,1-3H3,(H,19,22). The molecule has 0 aliphatic heterocycles. The molecule has 0 fully saturated rings. The summed E-state index contributed by atoms with van der Waals surface area (Å²) < 4.78 is 15.6. The zero-order chi connectivity index (χ0) is 17.8. The molecule has 1 amide bonds. The molecule has 1 atom stereocenters. The molecule has 3 rings (SSSR count). The van der Waals surface area contributed by atoms with Gasteiger partial charge in [-0.1, -0.05) is 19.0 Å². The van der Waals surface area contributed by atoms with E-state index in [4.69, 9.17) is 13.7 Å². The Balaban J connectivity index is 1.80. The minimum atomic E-state index is -0.419. The van der Waals surface area contributed by atoms with Crippen LogP contribution in [0.1, 0.15) is 36.3 Å². The van der Waals surface area contributed by atoms with E-state index in [2.05, 4.69) is 15.5 Å². The van der Waals surface area contributed by atoms with Crippen LogP contribution in [0.5, 0.6) is 5.75 Å². The van der Waals surface area contributed by atoms with E-state index < -0.39 is 6.04 Å². The molecule has 25 heavy (non-hydrogen) atoms. The van der Waals surface area contributed by atoms with Gasteiger partial charge >= 0.3 is 0 Å². The van der Waals surface area contributed by atoms with Gasteiger partial charge in [-0.05, 0) is 42.3 Å². The lowest BCUT2D eigenvalue weighted by atomic mass is 10.0. The lowest BCUT2D eigenvalue weighted by molar-refractivity contribution is 0.0885. The molecule has 3 aromatic rings. The van der Waals surface area contributed by atoms with E-state index in [1.807, 2.05) is 38.1 Å². The zero-order valence-electron chi connectivity index (χ0n) is 14.2. The largest absolute Gasteiger partial charge is 0.497 e. The Morgan fingerprint density at radius 2 is 1.96 bits per heavy atom. The minimum absolute atomic E-state index is 0.0584. The molecule has 1 unspecified atom stereocenters. The van der Waals surface area contributed by atoms with Crippen molar-refractivity contribution in [1.82, 2.24) is 15.5 Å². The van der Waals surface area contributed by atoms with E-state index in [1.54, 1.807) is 19.2 Å². The monoisotopic (exact) mass is 341 g/mol. The van der Waals surface area contributed by atoms with Gasteiger partial charge < -0.3 is 19.0 Å². The molecule has 2 aromatic heterocycles. The zero-order valence-corrected chi connectivity index (χ0v) is 14.2. The fourth-order valence-corrected chi connectivity index (χ4v) is 2.35. The van der Waals surface area contributed by atoms with Gasteiger partial charge in [0.2, 0.25) is 11.7 Å². The molecule has 0 saturated carbocycles. The number of nitrogens with one attached hydrogen (secondary N) is 1. The topological polar surface area (TPSA) is 90.4 Å². The summed E-state index contributed by atoms with van der Waals surface area (Å²) in [6.07, 6.45) is 1.45. The molecule has 0 aliphatic rings. The fraction of sp³-hybridized carbons (Fsp3) is 0.278. The number of rotatable bonds is 6. The summed E-state index contributed by atoms with van der Waals surface area (Å²) >= 11 is 0. The van der Waals surface area contributed by atoms with Crippen molar-refractivity contribution in [3.63, 3.8) is 0 Å². The predicted octanol–water partition coefficient (Wildman–Crippen LogP) is 3.47. The first-order chi connectivity index (χ1) is 12.1. The number of amides is 1. The summed E-state index contributed by atoms with van der Waals surface area (Å²) in [5.74, 6) is 1.52. The van der Waals surface area contributed by atoms with Crippen molar-refractivity contribution in [2.45, 2.75) is 19.9 Å². The first kappa shape index (κ1) is 16.8. The van der Waals surface area contributed by atoms with Crippen LogP contribution in [0, 0.1) is 5.92 Å². The quantitative estimate of drug-likeness (QED) is 0.738. The molecule has 7 nitrogen and oxygen atoms in total. The number of furan rings is 1. The van der Waals surface area contributed by atoms with Crippen LogP contribution in [0.4, 0.5) is 0 Å². The molecule has 1 N–H and O–H groups in total. The molecular formula is C18H19N3O4. The van der Waals surface area contributed by atoms with E-state index in [0.29, 0.717) is 11.7 Å². The normalized spacial score (nSPS) is 12.2. The average Bonchev–Trinajstić information content (AvgIpc) is 3.31. The third-order valence-corrected chi connectivity index (χ3v) is 3.75. The first-order valence-corrected chi connectivity index (χ1v) is 7.91. The number of hydrogen-bond donors (Lipinski definition) is 1. The molecule has 7 heteroatoms. The van der Waals surface area contributed by atoms with Crippen molar-refractivity contribution in [1.29, 1.82) is 0 Å². The number of nitrogens with zero attached hydrogens (tertiary/aromatic N) is 2. The van der Waals surface area contributed by atoms with Crippen molar-refractivity contribution < 1.29 is 18.5 Å². The van der Waals surface area contributed by atoms with Crippen LogP contribution in [0.2, 0.25) is 0 Å². The number of ether oxygens (including phenoxy) is 1. The number of aromatic nitrogens is 2. The fourth-order valence-electron chi connectivity index (χ4n) is 2.35. The van der Waals surface area contributed by atoms with Crippen molar-refractivity contribution in [3.05, 3.63) is 54.3 Å². The van der Waals surface area contributed by atoms with Crippen LogP contribution in [0.15, 0.2) is 51.6 Å². The Bertz CT molecular complexity index is 822. The summed E-state index contributed by atoms with van der Waals surface area (Å²) in [5, 5.41) is 6.88. The number of carbonyl (C=O) groups is 1. The van der Waals surface area contributed by atoms with Crippen molar-refractivity contribution >= 4 is 5.91 Å². The van der Waals surface area contributed by atoms with Crippen LogP contribution in [0.25, 0.3) is 11.4 Å². The van der Waals surface area contributed by atoms with Gasteiger partial charge in [-0.15, -0.1) is 0 Å². The highest BCUT2D eigenvalue weighted by atomic mass is 16.5. The Kier molecular flexibility index (Phi) is 4.83. The van der Waals surface area contributed by atoms with E-state index in [-0.39, 0.29) is 17.6 Å². The molecule has 1 aromatic carbocycles. The van der Waals surface area contributed by atoms with Gasteiger partial charge in [0.25, 0.3) is 5.91 Å². The maximum atomic E-state index is 12.2. The second-order valence-corrected chi connectivity index (χ2v) is 5.86. The molecule has 0 radical (unpaired) electrons. The highest BCUT2D eigenvalue weighted by Gasteiger charge is 2.26. The maximum Gasteiger partial charge on any atom is 0.287 e. The summed E-state index contributed by atoms with van der Waals surface area (Å²) in [6, 6.07) is 10.2. The van der Waals surface area contributed by atoms with E-state index in [9.17, 15) is 4.79 Å². The van der Waals surface area contributed by atoms with Crippen molar-refractivity contribution in [2.75, 3.05) is 7.11 Å². The second kappa shape index (κ2) is 7.21. The van der Waals surface area contributed by atoms with Crippen LogP contribution in [-0.2, 0) is 0 Å². The summed E-state index contributed by atoms with van der Waals surface area (Å²) in [5.41, 5.74) is 0.802. The smallest absolute Gasteiger partial charge is 0.287 e. The van der Waals surface area contributed by atoms with Crippen LogP contribution < -0.4 is 10.1 Å². The Labute approximate surface area is 145 Å². The lowest BCUT2D eigenvalue weighted by Crippen LogP contribution is -2.31. The molecule has 0 spiro atoms. The van der Waals surface area contributed by atoms with Gasteiger partial charge in [0.05, 0.1) is 13.4 Å². The van der Waals surface area contributed by atoms with E-state index in [0.717, 1.165) is 11.3 Å². The molecule has 130 valence electrons. The number of hydrogen-bond acceptors (Lipinski definition) is 6. The van der Waals surface area contributed by atoms with Crippen LogP contribution in [-0.4, -0.2) is 23.2 Å². The Morgan fingerprint density at radius 3 is 2.56 bits per heavy atom. The third kappa shape index (κ3) is 3.71. The van der Waals surface area contributed by atoms with Gasteiger partial charge in [-0.25, -0.2) is 0 Å². The summed E-state index contributed by atoms with van der Waals surface area (Å²) in [6.45, 7) is 3.93. The number of carbonyl (C=O) groups excluding carboxylic acids is 1. The van der Waals surface area contributed by atoms with Gasteiger partial charge in [-0.2, -0.15) is 4.98 Å². The number of methoxy groups -OCH3 is 1. The molecule has 0 saturated heterocycles. The van der Waals surface area contributed by atoms with E-state index in [1.165, 1.54) is 6.26 Å². The molecule has 2 heterocycles. The maximum absolute atomic E-state index is 12.2. The first-order valence-electron chi connectivity index (χ1n) is 7.91. The van der Waals surface area contributed by atoms with Crippen molar-refractivity contribution in [3.8, 4) is 17.1 Å². The molecule has 0 bridgehead atoms. The number of benzene rings is 1. The minimum Gasteiger partial charge on any atom is -0.497 e. The van der Waals surface area contributed by atoms with Gasteiger partial charge in [0.1, 0.15) is 11.8 Å². The Morgan fingerprint density at radius 1 is 1.20 bits per heavy atom. The highest BCUT2D eigenvalue weighted by Crippen LogP contribution is 2.25. The summed E-state index contributed by atoms with van der Waals surface area (Å²) in [7, 11) is 1.61. The van der Waals surface area contributed by atoms with Crippen LogP contribution in [0.3, 0.4) is 0 Å². The molecular weight excluding hydrogens is 322 g/mol. The molecule has 0 aliphatic carbocycles. The van der Waals surface area contributed by atoms with Gasteiger partial charge in [-0.3, -0.25) is 4.79 Å². The third-order valence-electron chi connectivity index (χ3n) is 3.75. The van der Waals surface area contributed by atoms with Gasteiger partial charge in [0.15, 0.2) is 5.76 Å². The predicted molar refractivity (Wildman–Crippen MR) is 90.0 cm³/mol. The highest BCUT2D eigenvalue weighted by molar-refractivity contribution is 5.91. The average molecular weight is 341 g/mol. The van der Waals surface area contributed by atoms with E-state index >= 15 is 0 Å². The van der Waals surface area contributed by atoms with Crippen LogP contribution >= 0.6 is 0 Å². The lowest BCUT2D eigenvalue weighted by Gasteiger charge is -2.17. The van der Waals surface area contributed by atoms with Crippen molar-refractivity contribution in [2.24, 2.45) is 5.92 Å². The summed E-state index contributed by atoms with van der Waals surface area (Å²) in [4.78, 5) is 16.7. The Hall–Kier alpha value is -3.09. The SMILES string of the molecule is COc1ccc(-c2noc(C(NC(=O)c3ccco3)C(C)C)n2)cc1. The second-order valence-electron chi connectivity index (χ2n) is 5.86. The van der Waals surface area contributed by atoms with Gasteiger partial charge in [0, 0.05) is 5.56 Å².